The zero-order chi connectivity index (χ0) is 14.1. The standard InChI is InChI=1S/C14H14IN5/c1-8-4-10(18-12(16)5-8)2-3-13-19-11-6-9(15)7-17-14(11)20-13/h4-7H,2-3H2,1H3,(H2,16,18)(H,17,19,20). The van der Waals surface area contributed by atoms with E-state index in [0.29, 0.717) is 5.82 Å². The molecule has 0 saturated heterocycles. The van der Waals surface area contributed by atoms with Crippen LogP contribution in [0.5, 0.6) is 0 Å². The third-order valence-corrected chi connectivity index (χ3v) is 3.60. The van der Waals surface area contributed by atoms with Crippen molar-refractivity contribution in [3.8, 4) is 0 Å². The second kappa shape index (κ2) is 5.35. The Balaban J connectivity index is 1.79. The Morgan fingerprint density at radius 1 is 1.20 bits per heavy atom. The van der Waals surface area contributed by atoms with Crippen LogP contribution in [-0.2, 0) is 12.8 Å². The summed E-state index contributed by atoms with van der Waals surface area (Å²) in [7, 11) is 0. The number of nitrogen functional groups attached to an aromatic ring is 1. The van der Waals surface area contributed by atoms with Crippen LogP contribution in [0.4, 0.5) is 5.82 Å². The summed E-state index contributed by atoms with van der Waals surface area (Å²) >= 11 is 2.24. The Kier molecular flexibility index (Phi) is 3.56. The lowest BCUT2D eigenvalue weighted by atomic mass is 10.1. The molecule has 0 unspecified atom stereocenters. The number of aromatic amines is 1. The van der Waals surface area contributed by atoms with E-state index >= 15 is 0 Å². The van der Waals surface area contributed by atoms with E-state index in [-0.39, 0.29) is 0 Å². The summed E-state index contributed by atoms with van der Waals surface area (Å²) in [5, 5.41) is 0. The topological polar surface area (TPSA) is 80.5 Å². The van der Waals surface area contributed by atoms with Gasteiger partial charge < -0.3 is 10.7 Å². The number of anilines is 1. The fraction of sp³-hybridized carbons (Fsp3) is 0.214. The number of halogens is 1. The lowest BCUT2D eigenvalue weighted by Gasteiger charge is -2.02. The van der Waals surface area contributed by atoms with Gasteiger partial charge >= 0.3 is 0 Å². The molecule has 3 aromatic rings. The van der Waals surface area contributed by atoms with Crippen LogP contribution in [-0.4, -0.2) is 19.9 Å². The molecule has 5 nitrogen and oxygen atoms in total. The minimum atomic E-state index is 0.570. The van der Waals surface area contributed by atoms with Crippen LogP contribution >= 0.6 is 22.6 Å². The first-order valence-corrected chi connectivity index (χ1v) is 7.41. The van der Waals surface area contributed by atoms with Gasteiger partial charge in [-0.25, -0.2) is 15.0 Å². The molecule has 102 valence electrons. The molecule has 0 aliphatic carbocycles. The van der Waals surface area contributed by atoms with Crippen LogP contribution in [0.3, 0.4) is 0 Å². The molecule has 3 heterocycles. The summed E-state index contributed by atoms with van der Waals surface area (Å²) in [6.07, 6.45) is 3.42. The number of nitrogens with zero attached hydrogens (tertiary/aromatic N) is 3. The molecule has 0 bridgehead atoms. The highest BCUT2D eigenvalue weighted by molar-refractivity contribution is 14.1. The second-order valence-electron chi connectivity index (χ2n) is 4.77. The monoisotopic (exact) mass is 379 g/mol. The zero-order valence-corrected chi connectivity index (χ0v) is 13.2. The third kappa shape index (κ3) is 2.90. The number of pyridine rings is 2. The van der Waals surface area contributed by atoms with E-state index in [9.17, 15) is 0 Å². The highest BCUT2D eigenvalue weighted by Gasteiger charge is 2.06. The normalized spacial score (nSPS) is 11.1. The molecular weight excluding hydrogens is 365 g/mol. The van der Waals surface area contributed by atoms with Crippen LogP contribution in [0, 0.1) is 10.5 Å². The molecule has 0 fully saturated rings. The van der Waals surface area contributed by atoms with Crippen molar-refractivity contribution in [3.63, 3.8) is 0 Å². The van der Waals surface area contributed by atoms with Crippen LogP contribution in [0.25, 0.3) is 11.2 Å². The highest BCUT2D eigenvalue weighted by atomic mass is 127. The van der Waals surface area contributed by atoms with Gasteiger partial charge in [0.25, 0.3) is 0 Å². The van der Waals surface area contributed by atoms with Gasteiger partial charge in [0.2, 0.25) is 0 Å². The number of aryl methyl sites for hydroxylation is 3. The maximum absolute atomic E-state index is 5.76. The van der Waals surface area contributed by atoms with Gasteiger partial charge in [-0.05, 0) is 59.7 Å². The molecule has 0 atom stereocenters. The molecule has 0 aliphatic heterocycles. The second-order valence-corrected chi connectivity index (χ2v) is 6.01. The van der Waals surface area contributed by atoms with Crippen molar-refractivity contribution in [2.75, 3.05) is 5.73 Å². The predicted molar refractivity (Wildman–Crippen MR) is 87.4 cm³/mol. The average molecular weight is 379 g/mol. The maximum atomic E-state index is 5.76. The molecule has 3 N–H and O–H groups in total. The van der Waals surface area contributed by atoms with E-state index in [1.54, 1.807) is 0 Å². The van der Waals surface area contributed by atoms with Gasteiger partial charge in [-0.1, -0.05) is 0 Å². The smallest absolute Gasteiger partial charge is 0.177 e. The van der Waals surface area contributed by atoms with Crippen LogP contribution in [0.2, 0.25) is 0 Å². The summed E-state index contributed by atoms with van der Waals surface area (Å²) in [6.45, 7) is 2.02. The van der Waals surface area contributed by atoms with E-state index < -0.39 is 0 Å². The van der Waals surface area contributed by atoms with Gasteiger partial charge in [0.05, 0.1) is 5.52 Å². The molecular formula is C14H14IN5. The minimum absolute atomic E-state index is 0.570. The molecule has 0 saturated carbocycles. The van der Waals surface area contributed by atoms with Crippen LogP contribution in [0.15, 0.2) is 24.4 Å². The Morgan fingerprint density at radius 3 is 2.85 bits per heavy atom. The molecule has 3 rings (SSSR count). The summed E-state index contributed by atoms with van der Waals surface area (Å²) in [5.74, 6) is 1.50. The van der Waals surface area contributed by atoms with Crippen LogP contribution < -0.4 is 5.73 Å². The van der Waals surface area contributed by atoms with Gasteiger partial charge in [0.15, 0.2) is 5.65 Å². The van der Waals surface area contributed by atoms with Crippen molar-refractivity contribution in [1.82, 2.24) is 19.9 Å². The molecule has 3 aromatic heterocycles. The minimum Gasteiger partial charge on any atom is -0.384 e. The zero-order valence-electron chi connectivity index (χ0n) is 11.0. The van der Waals surface area contributed by atoms with Gasteiger partial charge in [-0.15, -0.1) is 0 Å². The van der Waals surface area contributed by atoms with Crippen LogP contribution in [0.1, 0.15) is 17.1 Å². The van der Waals surface area contributed by atoms with E-state index in [0.717, 1.165) is 44.7 Å². The van der Waals surface area contributed by atoms with Crippen molar-refractivity contribution < 1.29 is 0 Å². The predicted octanol–water partition coefficient (Wildman–Crippen LogP) is 2.63. The molecule has 0 aromatic carbocycles. The SMILES string of the molecule is Cc1cc(N)nc(CCc2nc3ncc(I)cc3[nH]2)c1. The summed E-state index contributed by atoms with van der Waals surface area (Å²) in [4.78, 5) is 16.4. The van der Waals surface area contributed by atoms with Gasteiger partial charge in [0.1, 0.15) is 11.6 Å². The quantitative estimate of drug-likeness (QED) is 0.686. The van der Waals surface area contributed by atoms with E-state index in [1.165, 1.54) is 0 Å². The number of rotatable bonds is 3. The molecule has 20 heavy (non-hydrogen) atoms. The average Bonchev–Trinajstić information content (AvgIpc) is 2.77. The summed E-state index contributed by atoms with van der Waals surface area (Å²) in [6, 6.07) is 5.97. The molecule has 0 amide bonds. The summed E-state index contributed by atoms with van der Waals surface area (Å²) < 4.78 is 1.10. The maximum Gasteiger partial charge on any atom is 0.177 e. The number of aromatic nitrogens is 4. The number of hydrogen-bond acceptors (Lipinski definition) is 4. The van der Waals surface area contributed by atoms with Crippen molar-refractivity contribution >= 4 is 39.6 Å². The Hall–Kier alpha value is -1.70. The largest absolute Gasteiger partial charge is 0.384 e. The molecule has 0 aliphatic rings. The Labute approximate surface area is 130 Å². The van der Waals surface area contributed by atoms with Gasteiger partial charge in [0, 0.05) is 21.9 Å². The fourth-order valence-electron chi connectivity index (χ4n) is 2.19. The lowest BCUT2D eigenvalue weighted by molar-refractivity contribution is 0.860. The highest BCUT2D eigenvalue weighted by Crippen LogP contribution is 2.14. The molecule has 0 spiro atoms. The fourth-order valence-corrected chi connectivity index (χ4v) is 2.64. The van der Waals surface area contributed by atoms with E-state index in [1.807, 2.05) is 25.3 Å². The first-order chi connectivity index (χ1) is 9.60. The number of nitrogens with two attached hydrogens (primary N) is 1. The first-order valence-electron chi connectivity index (χ1n) is 6.33. The number of imidazole rings is 1. The lowest BCUT2D eigenvalue weighted by Crippen LogP contribution is -2.00. The molecule has 0 radical (unpaired) electrons. The van der Waals surface area contributed by atoms with E-state index in [2.05, 4.69) is 48.6 Å². The van der Waals surface area contributed by atoms with Gasteiger partial charge in [-0.3, -0.25) is 0 Å². The number of fused-ring (bicyclic) bond motifs is 1. The number of nitrogens with one attached hydrogen (secondary N) is 1. The summed E-state index contributed by atoms with van der Waals surface area (Å²) in [5.41, 5.74) is 9.62. The van der Waals surface area contributed by atoms with E-state index in [4.69, 9.17) is 5.73 Å². The third-order valence-electron chi connectivity index (χ3n) is 3.01. The Bertz CT molecular complexity index is 745. The Morgan fingerprint density at radius 2 is 2.05 bits per heavy atom. The number of H-pyrrole nitrogens is 1. The van der Waals surface area contributed by atoms with Crippen molar-refractivity contribution in [1.29, 1.82) is 0 Å². The van der Waals surface area contributed by atoms with Gasteiger partial charge in [-0.2, -0.15) is 0 Å². The first kappa shape index (κ1) is 13.3. The van der Waals surface area contributed by atoms with Crippen molar-refractivity contribution in [2.24, 2.45) is 0 Å². The number of hydrogen-bond donors (Lipinski definition) is 2. The van der Waals surface area contributed by atoms with Crippen molar-refractivity contribution in [2.45, 2.75) is 19.8 Å². The van der Waals surface area contributed by atoms with Crippen molar-refractivity contribution in [3.05, 3.63) is 45.0 Å². The molecule has 6 heteroatoms.